The molecule has 1 N–H and O–H groups in total. The van der Waals surface area contributed by atoms with Gasteiger partial charge in [-0.05, 0) is 0 Å². The van der Waals surface area contributed by atoms with Gasteiger partial charge in [0.25, 0.3) is 5.69 Å². The van der Waals surface area contributed by atoms with Gasteiger partial charge in [-0.3, -0.25) is 10.1 Å². The quantitative estimate of drug-likeness (QED) is 0.678. The van der Waals surface area contributed by atoms with Gasteiger partial charge in [0.15, 0.2) is 0 Å². The molecule has 18 heavy (non-hydrogen) atoms. The van der Waals surface area contributed by atoms with E-state index in [1.807, 2.05) is 0 Å². The Kier molecular flexibility index (Phi) is 2.99. The highest BCUT2D eigenvalue weighted by Gasteiger charge is 2.21. The highest BCUT2D eigenvalue weighted by molar-refractivity contribution is 6.33. The van der Waals surface area contributed by atoms with E-state index in [9.17, 15) is 14.9 Å². The fraction of sp³-hybridized carbons (Fsp3) is 0. The number of carboxylic acids is 1. The van der Waals surface area contributed by atoms with Crippen LogP contribution in [0.5, 0.6) is 0 Å². The van der Waals surface area contributed by atoms with Crippen LogP contribution in [0.25, 0.3) is 5.69 Å². The lowest BCUT2D eigenvalue weighted by Crippen LogP contribution is -2.06. The molecule has 8 heteroatoms. The third-order valence-electron chi connectivity index (χ3n) is 2.25. The number of aromatic carboxylic acids is 1. The van der Waals surface area contributed by atoms with Crippen LogP contribution in [0, 0.1) is 10.1 Å². The maximum absolute atomic E-state index is 11.1. The van der Waals surface area contributed by atoms with Gasteiger partial charge in [-0.2, -0.15) is 0 Å². The minimum Gasteiger partial charge on any atom is -0.478 e. The van der Waals surface area contributed by atoms with Crippen molar-refractivity contribution >= 4 is 23.3 Å². The van der Waals surface area contributed by atoms with Crippen molar-refractivity contribution in [3.8, 4) is 5.69 Å². The van der Waals surface area contributed by atoms with Gasteiger partial charge in [0, 0.05) is 24.5 Å². The average molecular weight is 268 g/mol. The number of rotatable bonds is 3. The zero-order valence-corrected chi connectivity index (χ0v) is 9.53. The van der Waals surface area contributed by atoms with E-state index in [0.29, 0.717) is 0 Å². The van der Waals surface area contributed by atoms with Crippen molar-refractivity contribution in [1.82, 2.24) is 9.55 Å². The highest BCUT2D eigenvalue weighted by Crippen LogP contribution is 2.29. The first-order chi connectivity index (χ1) is 8.50. The van der Waals surface area contributed by atoms with Crippen molar-refractivity contribution in [2.24, 2.45) is 0 Å². The number of non-ortho nitro benzene ring substituents is 1. The monoisotopic (exact) mass is 267 g/mol. The van der Waals surface area contributed by atoms with Gasteiger partial charge in [0.1, 0.15) is 0 Å². The molecule has 1 aromatic heterocycles. The minimum atomic E-state index is -1.30. The van der Waals surface area contributed by atoms with Crippen molar-refractivity contribution in [3.05, 3.63) is 51.6 Å². The lowest BCUT2D eigenvalue weighted by atomic mass is 10.1. The molecule has 0 unspecified atom stereocenters. The van der Waals surface area contributed by atoms with Crippen LogP contribution in [0.3, 0.4) is 0 Å². The maximum atomic E-state index is 11.1. The molecule has 0 aliphatic heterocycles. The number of carboxylic acid groups (broad SMARTS) is 1. The van der Waals surface area contributed by atoms with Crippen LogP contribution < -0.4 is 0 Å². The first-order valence-electron chi connectivity index (χ1n) is 4.70. The Morgan fingerprint density at radius 2 is 2.22 bits per heavy atom. The van der Waals surface area contributed by atoms with E-state index in [1.165, 1.54) is 23.3 Å². The molecule has 0 bridgehead atoms. The lowest BCUT2D eigenvalue weighted by molar-refractivity contribution is -0.384. The van der Waals surface area contributed by atoms with Crippen molar-refractivity contribution < 1.29 is 14.8 Å². The van der Waals surface area contributed by atoms with Gasteiger partial charge in [-0.15, -0.1) is 0 Å². The van der Waals surface area contributed by atoms with Crippen LogP contribution in [0.15, 0.2) is 30.9 Å². The van der Waals surface area contributed by atoms with Gasteiger partial charge < -0.3 is 9.67 Å². The largest absolute Gasteiger partial charge is 0.478 e. The summed E-state index contributed by atoms with van der Waals surface area (Å²) in [5.74, 6) is -1.30. The number of nitro benzene ring substituents is 1. The molecule has 0 aliphatic carbocycles. The summed E-state index contributed by atoms with van der Waals surface area (Å²) in [6.45, 7) is 0. The summed E-state index contributed by atoms with van der Waals surface area (Å²) in [5.41, 5.74) is -0.485. The molecule has 0 atom stereocenters. The molecule has 0 spiro atoms. The summed E-state index contributed by atoms with van der Waals surface area (Å²) in [6, 6.07) is 2.06. The van der Waals surface area contributed by atoms with Crippen LogP contribution in [0.1, 0.15) is 10.4 Å². The number of hydrogen-bond donors (Lipinski definition) is 1. The van der Waals surface area contributed by atoms with E-state index in [4.69, 9.17) is 16.7 Å². The normalized spacial score (nSPS) is 10.3. The Bertz CT molecular complexity index is 624. The smallest absolute Gasteiger partial charge is 0.338 e. The Morgan fingerprint density at radius 3 is 2.72 bits per heavy atom. The topological polar surface area (TPSA) is 98.3 Å². The van der Waals surface area contributed by atoms with Crippen molar-refractivity contribution in [2.75, 3.05) is 0 Å². The number of aromatic nitrogens is 2. The second kappa shape index (κ2) is 4.46. The summed E-state index contributed by atoms with van der Waals surface area (Å²) in [5, 5.41) is 19.7. The number of nitrogens with zero attached hydrogens (tertiary/aromatic N) is 3. The molecule has 7 nitrogen and oxygen atoms in total. The second-order valence-corrected chi connectivity index (χ2v) is 3.76. The van der Waals surface area contributed by atoms with Crippen molar-refractivity contribution in [1.29, 1.82) is 0 Å². The third-order valence-corrected chi connectivity index (χ3v) is 2.54. The van der Waals surface area contributed by atoms with Crippen LogP contribution in [0.4, 0.5) is 5.69 Å². The Morgan fingerprint density at radius 1 is 1.50 bits per heavy atom. The van der Waals surface area contributed by atoms with Crippen LogP contribution in [0.2, 0.25) is 5.02 Å². The molecule has 92 valence electrons. The lowest BCUT2D eigenvalue weighted by Gasteiger charge is -2.08. The molecule has 0 saturated carbocycles. The Hall–Kier alpha value is -2.41. The predicted molar refractivity (Wildman–Crippen MR) is 62.2 cm³/mol. The highest BCUT2D eigenvalue weighted by atomic mass is 35.5. The molecule has 0 amide bonds. The summed E-state index contributed by atoms with van der Waals surface area (Å²) in [6.07, 6.45) is 4.31. The SMILES string of the molecule is O=C(O)c1cc([N+](=O)[O-])cc(Cl)c1-n1ccnc1. The number of carbonyl (C=O) groups is 1. The van der Waals surface area contributed by atoms with Crippen LogP contribution in [-0.4, -0.2) is 25.6 Å². The van der Waals surface area contributed by atoms with E-state index in [1.54, 1.807) is 0 Å². The molecule has 2 rings (SSSR count). The molecule has 1 heterocycles. The number of imidazole rings is 1. The number of halogens is 1. The molecule has 0 aliphatic rings. The van der Waals surface area contributed by atoms with Crippen LogP contribution in [-0.2, 0) is 0 Å². The summed E-state index contributed by atoms with van der Waals surface area (Å²) in [4.78, 5) is 24.9. The summed E-state index contributed by atoms with van der Waals surface area (Å²) in [7, 11) is 0. The average Bonchev–Trinajstić information content (AvgIpc) is 2.80. The van der Waals surface area contributed by atoms with Gasteiger partial charge in [-0.25, -0.2) is 9.78 Å². The van der Waals surface area contributed by atoms with E-state index >= 15 is 0 Å². The molecule has 0 radical (unpaired) electrons. The number of nitro groups is 1. The van der Waals surface area contributed by atoms with Crippen molar-refractivity contribution in [2.45, 2.75) is 0 Å². The zero-order valence-electron chi connectivity index (χ0n) is 8.78. The first kappa shape index (κ1) is 12.1. The summed E-state index contributed by atoms with van der Waals surface area (Å²) < 4.78 is 1.38. The van der Waals surface area contributed by atoms with Gasteiger partial charge in [0.2, 0.25) is 0 Å². The van der Waals surface area contributed by atoms with Gasteiger partial charge in [0.05, 0.1) is 27.5 Å². The van der Waals surface area contributed by atoms with E-state index in [-0.39, 0.29) is 22.0 Å². The zero-order chi connectivity index (χ0) is 13.3. The fourth-order valence-electron chi connectivity index (χ4n) is 1.51. The fourth-order valence-corrected chi connectivity index (χ4v) is 1.82. The summed E-state index contributed by atoms with van der Waals surface area (Å²) >= 11 is 5.90. The molecule has 0 fully saturated rings. The Labute approximate surface area is 105 Å². The van der Waals surface area contributed by atoms with E-state index in [0.717, 1.165) is 12.1 Å². The molecule has 1 aromatic carbocycles. The predicted octanol–water partition coefficient (Wildman–Crippen LogP) is 2.13. The second-order valence-electron chi connectivity index (χ2n) is 3.36. The molecular formula is C10H6ClN3O4. The molecule has 2 aromatic rings. The number of benzene rings is 1. The third kappa shape index (κ3) is 2.03. The first-order valence-corrected chi connectivity index (χ1v) is 5.08. The molecule has 0 saturated heterocycles. The minimum absolute atomic E-state index is 0.0281. The standard InChI is InChI=1S/C10H6ClN3O4/c11-8-4-6(14(17)18)3-7(10(15)16)9(8)13-2-1-12-5-13/h1-5H,(H,15,16). The molecular weight excluding hydrogens is 262 g/mol. The van der Waals surface area contributed by atoms with Gasteiger partial charge >= 0.3 is 5.97 Å². The van der Waals surface area contributed by atoms with Crippen molar-refractivity contribution in [3.63, 3.8) is 0 Å². The van der Waals surface area contributed by atoms with Crippen LogP contribution >= 0.6 is 11.6 Å². The van der Waals surface area contributed by atoms with Gasteiger partial charge in [-0.1, -0.05) is 11.6 Å². The van der Waals surface area contributed by atoms with E-state index < -0.39 is 10.9 Å². The van der Waals surface area contributed by atoms with E-state index in [2.05, 4.69) is 4.98 Å². The Balaban J connectivity index is 2.73. The number of hydrogen-bond acceptors (Lipinski definition) is 4. The maximum Gasteiger partial charge on any atom is 0.338 e.